The van der Waals surface area contributed by atoms with Crippen molar-refractivity contribution in [1.29, 1.82) is 0 Å². The number of benzene rings is 1. The molecule has 0 atom stereocenters. The molecule has 0 spiro atoms. The second-order valence-electron chi connectivity index (χ2n) is 6.26. The van der Waals surface area contributed by atoms with Gasteiger partial charge in [0.05, 0.1) is 11.2 Å². The Labute approximate surface area is 118 Å². The number of carbonyl (C=O) groups is 1. The summed E-state index contributed by atoms with van der Waals surface area (Å²) in [5.41, 5.74) is 1.82. The van der Waals surface area contributed by atoms with Crippen LogP contribution in [0, 0.1) is 0 Å². The van der Waals surface area contributed by atoms with Gasteiger partial charge in [-0.15, -0.1) is 0 Å². The number of H-pyrrole nitrogens is 1. The van der Waals surface area contributed by atoms with Crippen molar-refractivity contribution in [1.82, 2.24) is 4.98 Å². The average Bonchev–Trinajstić information content (AvgIpc) is 2.87. The molecular weight excluding hydrogens is 253 g/mol. The molecule has 0 amide bonds. The number of fused-ring (bicyclic) bond motifs is 1. The Bertz CT molecular complexity index is 659. The molecule has 1 fully saturated rings. The largest absolute Gasteiger partial charge is 0.497 e. The Kier molecular flexibility index (Phi) is 2.82. The van der Waals surface area contributed by atoms with Crippen LogP contribution in [-0.2, 0) is 9.31 Å². The number of nitrogens with one attached hydrogen (secondary N) is 1. The topological polar surface area (TPSA) is 51.3 Å². The standard InChI is InChI=1S/C15H18BNO3/c1-14(2)15(3,4)20-16(19-14)12-8-17-13-7-10(9-18)5-6-11(12)13/h5-9,17H,1-4H3. The van der Waals surface area contributed by atoms with Crippen LogP contribution in [0.5, 0.6) is 0 Å². The fourth-order valence-electron chi connectivity index (χ4n) is 2.40. The van der Waals surface area contributed by atoms with Crippen LogP contribution in [0.25, 0.3) is 10.9 Å². The maximum absolute atomic E-state index is 10.8. The van der Waals surface area contributed by atoms with Gasteiger partial charge in [0.15, 0.2) is 0 Å². The van der Waals surface area contributed by atoms with Gasteiger partial charge in [0, 0.05) is 22.7 Å². The molecule has 104 valence electrons. The van der Waals surface area contributed by atoms with Crippen LogP contribution in [0.1, 0.15) is 38.1 Å². The van der Waals surface area contributed by atoms with Gasteiger partial charge < -0.3 is 14.3 Å². The van der Waals surface area contributed by atoms with E-state index in [2.05, 4.69) is 4.98 Å². The molecule has 4 nitrogen and oxygen atoms in total. The van der Waals surface area contributed by atoms with Gasteiger partial charge in [0.1, 0.15) is 6.29 Å². The molecule has 3 rings (SSSR count). The van der Waals surface area contributed by atoms with Crippen molar-refractivity contribution in [2.24, 2.45) is 0 Å². The predicted molar refractivity (Wildman–Crippen MR) is 79.4 cm³/mol. The second kappa shape index (κ2) is 4.20. The highest BCUT2D eigenvalue weighted by Crippen LogP contribution is 2.37. The Balaban J connectivity index is 2.02. The fraction of sp³-hybridized carbons (Fsp3) is 0.400. The van der Waals surface area contributed by atoms with E-state index in [0.29, 0.717) is 5.56 Å². The van der Waals surface area contributed by atoms with Gasteiger partial charge in [0.2, 0.25) is 0 Å². The number of aromatic nitrogens is 1. The molecule has 0 radical (unpaired) electrons. The maximum Gasteiger partial charge on any atom is 0.497 e. The molecule has 0 aliphatic carbocycles. The molecular formula is C15H18BNO3. The lowest BCUT2D eigenvalue weighted by molar-refractivity contribution is 0.00578. The summed E-state index contributed by atoms with van der Waals surface area (Å²) in [6.45, 7) is 8.14. The summed E-state index contributed by atoms with van der Waals surface area (Å²) >= 11 is 0. The van der Waals surface area contributed by atoms with Crippen LogP contribution in [0.2, 0.25) is 0 Å². The minimum Gasteiger partial charge on any atom is -0.399 e. The number of hydrogen-bond acceptors (Lipinski definition) is 3. The third-order valence-electron chi connectivity index (χ3n) is 4.38. The molecule has 0 unspecified atom stereocenters. The number of rotatable bonds is 2. The van der Waals surface area contributed by atoms with Crippen molar-refractivity contribution in [3.8, 4) is 0 Å². The first kappa shape index (κ1) is 13.4. The summed E-state index contributed by atoms with van der Waals surface area (Å²) in [7, 11) is -0.393. The van der Waals surface area contributed by atoms with E-state index in [1.54, 1.807) is 6.07 Å². The molecule has 0 bridgehead atoms. The van der Waals surface area contributed by atoms with E-state index in [1.165, 1.54) is 0 Å². The fourth-order valence-corrected chi connectivity index (χ4v) is 2.40. The predicted octanol–water partition coefficient (Wildman–Crippen LogP) is 2.28. The monoisotopic (exact) mass is 271 g/mol. The smallest absolute Gasteiger partial charge is 0.399 e. The highest BCUT2D eigenvalue weighted by molar-refractivity contribution is 6.65. The summed E-state index contributed by atoms with van der Waals surface area (Å²) in [6.07, 6.45) is 2.73. The van der Waals surface area contributed by atoms with E-state index >= 15 is 0 Å². The Morgan fingerprint density at radius 1 is 1.15 bits per heavy atom. The number of aldehydes is 1. The van der Waals surface area contributed by atoms with Crippen molar-refractivity contribution in [2.75, 3.05) is 0 Å². The molecule has 1 N–H and O–H groups in total. The maximum atomic E-state index is 10.8. The lowest BCUT2D eigenvalue weighted by Gasteiger charge is -2.32. The third kappa shape index (κ3) is 1.89. The molecule has 1 aromatic heterocycles. The zero-order chi connectivity index (χ0) is 14.5. The zero-order valence-corrected chi connectivity index (χ0v) is 12.2. The van der Waals surface area contributed by atoms with Crippen molar-refractivity contribution >= 4 is 29.8 Å². The molecule has 1 aliphatic heterocycles. The minimum atomic E-state index is -0.393. The van der Waals surface area contributed by atoms with Gasteiger partial charge in [-0.1, -0.05) is 12.1 Å². The first-order chi connectivity index (χ1) is 9.34. The summed E-state index contributed by atoms with van der Waals surface area (Å²) in [5, 5.41) is 1.02. The highest BCUT2D eigenvalue weighted by atomic mass is 16.7. The van der Waals surface area contributed by atoms with Gasteiger partial charge in [-0.2, -0.15) is 0 Å². The molecule has 20 heavy (non-hydrogen) atoms. The van der Waals surface area contributed by atoms with Crippen molar-refractivity contribution in [3.63, 3.8) is 0 Å². The van der Waals surface area contributed by atoms with Crippen LogP contribution in [0.4, 0.5) is 0 Å². The Morgan fingerprint density at radius 2 is 1.80 bits per heavy atom. The molecule has 5 heteroatoms. The second-order valence-corrected chi connectivity index (χ2v) is 6.26. The molecule has 1 aliphatic rings. The normalized spacial score (nSPS) is 20.5. The van der Waals surface area contributed by atoms with Crippen LogP contribution >= 0.6 is 0 Å². The van der Waals surface area contributed by atoms with E-state index in [1.807, 2.05) is 46.0 Å². The van der Waals surface area contributed by atoms with E-state index in [9.17, 15) is 4.79 Å². The highest BCUT2D eigenvalue weighted by Gasteiger charge is 2.52. The van der Waals surface area contributed by atoms with Crippen molar-refractivity contribution < 1.29 is 14.1 Å². The SMILES string of the molecule is CC1(C)OB(c2c[nH]c3cc(C=O)ccc23)OC1(C)C. The van der Waals surface area contributed by atoms with Crippen LogP contribution in [-0.4, -0.2) is 29.6 Å². The van der Waals surface area contributed by atoms with E-state index in [0.717, 1.165) is 22.7 Å². The van der Waals surface area contributed by atoms with Gasteiger partial charge in [-0.25, -0.2) is 0 Å². The van der Waals surface area contributed by atoms with E-state index in [-0.39, 0.29) is 11.2 Å². The first-order valence-electron chi connectivity index (χ1n) is 6.76. The summed E-state index contributed by atoms with van der Waals surface area (Å²) in [6, 6.07) is 5.56. The lowest BCUT2D eigenvalue weighted by atomic mass is 9.79. The summed E-state index contributed by atoms with van der Waals surface area (Å²) < 4.78 is 12.1. The van der Waals surface area contributed by atoms with Crippen LogP contribution in [0.3, 0.4) is 0 Å². The molecule has 0 saturated carbocycles. The Hall–Kier alpha value is -1.59. The van der Waals surface area contributed by atoms with Gasteiger partial charge in [-0.05, 0) is 39.1 Å². The minimum absolute atomic E-state index is 0.357. The van der Waals surface area contributed by atoms with Crippen molar-refractivity contribution in [3.05, 3.63) is 30.0 Å². The van der Waals surface area contributed by atoms with Gasteiger partial charge >= 0.3 is 7.12 Å². The summed E-state index contributed by atoms with van der Waals surface area (Å²) in [5.74, 6) is 0. The molecule has 2 aromatic rings. The van der Waals surface area contributed by atoms with E-state index in [4.69, 9.17) is 9.31 Å². The van der Waals surface area contributed by atoms with Crippen LogP contribution < -0.4 is 5.46 Å². The average molecular weight is 271 g/mol. The van der Waals surface area contributed by atoms with Crippen LogP contribution in [0.15, 0.2) is 24.4 Å². The Morgan fingerprint density at radius 3 is 2.40 bits per heavy atom. The first-order valence-corrected chi connectivity index (χ1v) is 6.76. The number of carbonyl (C=O) groups excluding carboxylic acids is 1. The number of hydrogen-bond donors (Lipinski definition) is 1. The quantitative estimate of drug-likeness (QED) is 0.673. The number of aromatic amines is 1. The third-order valence-corrected chi connectivity index (χ3v) is 4.38. The molecule has 1 aromatic carbocycles. The lowest BCUT2D eigenvalue weighted by Crippen LogP contribution is -2.41. The zero-order valence-electron chi connectivity index (χ0n) is 12.2. The van der Waals surface area contributed by atoms with Gasteiger partial charge in [-0.3, -0.25) is 4.79 Å². The summed E-state index contributed by atoms with van der Waals surface area (Å²) in [4.78, 5) is 14.0. The molecule has 1 saturated heterocycles. The molecule has 2 heterocycles. The van der Waals surface area contributed by atoms with Gasteiger partial charge in [0.25, 0.3) is 0 Å². The van der Waals surface area contributed by atoms with Crippen molar-refractivity contribution in [2.45, 2.75) is 38.9 Å². The van der Waals surface area contributed by atoms with E-state index < -0.39 is 7.12 Å².